The van der Waals surface area contributed by atoms with Crippen LogP contribution in [0.4, 0.5) is 5.69 Å². The lowest BCUT2D eigenvalue weighted by molar-refractivity contribution is -0.384. The van der Waals surface area contributed by atoms with Crippen molar-refractivity contribution in [1.29, 1.82) is 0 Å². The van der Waals surface area contributed by atoms with Gasteiger partial charge in [0.15, 0.2) is 0 Å². The van der Waals surface area contributed by atoms with Crippen molar-refractivity contribution in [3.8, 4) is 0 Å². The molecule has 0 aliphatic carbocycles. The van der Waals surface area contributed by atoms with Crippen molar-refractivity contribution in [1.82, 2.24) is 10.2 Å². The second-order valence-electron chi connectivity index (χ2n) is 5.42. The van der Waals surface area contributed by atoms with Gasteiger partial charge in [0, 0.05) is 31.3 Å². The molecule has 1 unspecified atom stereocenters. The summed E-state index contributed by atoms with van der Waals surface area (Å²) in [6, 6.07) is 7.15. The molecular weight excluding hydrogens is 242 g/mol. The number of nitro benzene ring substituents is 1. The molecule has 0 amide bonds. The lowest BCUT2D eigenvalue weighted by atomic mass is 10.0. The maximum absolute atomic E-state index is 10.7. The Bertz CT molecular complexity index is 419. The molecule has 0 aliphatic rings. The number of nitrogens with one attached hydrogen (secondary N) is 1. The highest BCUT2D eigenvalue weighted by atomic mass is 16.6. The van der Waals surface area contributed by atoms with Crippen LogP contribution in [0.2, 0.25) is 0 Å². The zero-order valence-electron chi connectivity index (χ0n) is 12.1. The fourth-order valence-electron chi connectivity index (χ4n) is 1.93. The number of nitro groups is 1. The third-order valence-corrected chi connectivity index (χ3v) is 3.06. The van der Waals surface area contributed by atoms with E-state index in [0.29, 0.717) is 18.5 Å². The highest BCUT2D eigenvalue weighted by Crippen LogP contribution is 2.13. The van der Waals surface area contributed by atoms with Crippen LogP contribution in [0.3, 0.4) is 0 Å². The summed E-state index contributed by atoms with van der Waals surface area (Å²) in [5.74, 6) is 0.515. The fourth-order valence-corrected chi connectivity index (χ4v) is 1.93. The number of rotatable bonds is 7. The molecule has 1 atom stereocenters. The van der Waals surface area contributed by atoms with Gasteiger partial charge in [-0.25, -0.2) is 0 Å². The van der Waals surface area contributed by atoms with Crippen LogP contribution in [0, 0.1) is 16.0 Å². The Labute approximate surface area is 114 Å². The normalized spacial score (nSPS) is 12.9. The summed E-state index contributed by atoms with van der Waals surface area (Å²) in [5, 5.41) is 14.2. The van der Waals surface area contributed by atoms with Gasteiger partial charge in [0.1, 0.15) is 0 Å². The maximum Gasteiger partial charge on any atom is 0.269 e. The Kier molecular flexibility index (Phi) is 5.92. The Morgan fingerprint density at radius 2 is 2.05 bits per heavy atom. The van der Waals surface area contributed by atoms with Gasteiger partial charge in [0.05, 0.1) is 4.92 Å². The number of hydrogen-bond donors (Lipinski definition) is 1. The van der Waals surface area contributed by atoms with E-state index in [2.05, 4.69) is 24.1 Å². The van der Waals surface area contributed by atoms with Gasteiger partial charge in [-0.3, -0.25) is 10.1 Å². The lowest BCUT2D eigenvalue weighted by Gasteiger charge is -2.25. The molecule has 0 heterocycles. The summed E-state index contributed by atoms with van der Waals surface area (Å²) in [6.07, 6.45) is 0. The van der Waals surface area contributed by atoms with Crippen LogP contribution < -0.4 is 5.32 Å². The molecule has 1 rings (SSSR count). The highest BCUT2D eigenvalue weighted by Gasteiger charge is 2.14. The van der Waals surface area contributed by atoms with Crippen LogP contribution in [0.1, 0.15) is 19.4 Å². The largest absolute Gasteiger partial charge is 0.308 e. The fraction of sp³-hybridized carbons (Fsp3) is 0.571. The molecule has 106 valence electrons. The van der Waals surface area contributed by atoms with Gasteiger partial charge in [-0.1, -0.05) is 26.0 Å². The molecule has 0 aliphatic heterocycles. The van der Waals surface area contributed by atoms with E-state index in [-0.39, 0.29) is 10.6 Å². The lowest BCUT2D eigenvalue weighted by Crippen LogP contribution is -2.41. The average molecular weight is 265 g/mol. The smallest absolute Gasteiger partial charge is 0.269 e. The first-order valence-electron chi connectivity index (χ1n) is 6.51. The number of hydrogen-bond acceptors (Lipinski definition) is 4. The Morgan fingerprint density at radius 3 is 2.58 bits per heavy atom. The van der Waals surface area contributed by atoms with Crippen molar-refractivity contribution in [2.75, 3.05) is 20.6 Å². The standard InChI is InChI=1S/C14H23N3O2/c1-11(2)14(10-16(3)4)15-9-12-6-5-7-13(8-12)17(18)19/h5-8,11,14-15H,9-10H2,1-4H3. The summed E-state index contributed by atoms with van der Waals surface area (Å²) in [7, 11) is 4.09. The first-order chi connectivity index (χ1) is 8.90. The summed E-state index contributed by atoms with van der Waals surface area (Å²) < 4.78 is 0. The van der Waals surface area contributed by atoms with Crippen LogP contribution >= 0.6 is 0 Å². The van der Waals surface area contributed by atoms with Gasteiger partial charge in [0.25, 0.3) is 5.69 Å². The molecule has 5 heteroatoms. The molecule has 19 heavy (non-hydrogen) atoms. The van der Waals surface area contributed by atoms with Crippen LogP contribution in [0.5, 0.6) is 0 Å². The predicted octanol–water partition coefficient (Wildman–Crippen LogP) is 2.27. The van der Waals surface area contributed by atoms with E-state index in [1.54, 1.807) is 12.1 Å². The van der Waals surface area contributed by atoms with Crippen LogP contribution in [0.25, 0.3) is 0 Å². The van der Waals surface area contributed by atoms with Crippen molar-refractivity contribution in [3.05, 3.63) is 39.9 Å². The minimum absolute atomic E-state index is 0.146. The quantitative estimate of drug-likeness (QED) is 0.607. The van der Waals surface area contributed by atoms with Crippen molar-refractivity contribution in [2.45, 2.75) is 26.4 Å². The monoisotopic (exact) mass is 265 g/mol. The van der Waals surface area contributed by atoms with E-state index in [1.165, 1.54) is 6.07 Å². The van der Waals surface area contributed by atoms with Crippen LogP contribution in [-0.2, 0) is 6.54 Å². The van der Waals surface area contributed by atoms with Gasteiger partial charge in [-0.2, -0.15) is 0 Å². The molecule has 0 fully saturated rings. The molecule has 0 bridgehead atoms. The molecule has 0 saturated heterocycles. The van der Waals surface area contributed by atoms with Crippen molar-refractivity contribution in [2.24, 2.45) is 5.92 Å². The van der Waals surface area contributed by atoms with Gasteiger partial charge in [0.2, 0.25) is 0 Å². The predicted molar refractivity (Wildman–Crippen MR) is 77.1 cm³/mol. The van der Waals surface area contributed by atoms with Crippen molar-refractivity contribution >= 4 is 5.69 Å². The van der Waals surface area contributed by atoms with E-state index in [0.717, 1.165) is 12.1 Å². The van der Waals surface area contributed by atoms with E-state index < -0.39 is 0 Å². The number of nitrogens with zero attached hydrogens (tertiary/aromatic N) is 2. The average Bonchev–Trinajstić information content (AvgIpc) is 2.34. The van der Waals surface area contributed by atoms with Gasteiger partial charge >= 0.3 is 0 Å². The Balaban J connectivity index is 2.63. The summed E-state index contributed by atoms with van der Waals surface area (Å²) in [5.41, 5.74) is 1.09. The highest BCUT2D eigenvalue weighted by molar-refractivity contribution is 5.34. The molecular formula is C14H23N3O2. The summed E-state index contributed by atoms with van der Waals surface area (Å²) >= 11 is 0. The number of benzene rings is 1. The molecule has 1 aromatic rings. The van der Waals surface area contributed by atoms with Crippen molar-refractivity contribution < 1.29 is 4.92 Å². The first kappa shape index (κ1) is 15.6. The third kappa shape index (κ3) is 5.36. The Hall–Kier alpha value is -1.46. The van der Waals surface area contributed by atoms with Gasteiger partial charge in [-0.05, 0) is 25.6 Å². The minimum atomic E-state index is -0.358. The van der Waals surface area contributed by atoms with Crippen molar-refractivity contribution in [3.63, 3.8) is 0 Å². The van der Waals surface area contributed by atoms with Gasteiger partial charge < -0.3 is 10.2 Å². The van der Waals surface area contributed by atoms with E-state index in [4.69, 9.17) is 0 Å². The second kappa shape index (κ2) is 7.21. The zero-order chi connectivity index (χ0) is 14.4. The topological polar surface area (TPSA) is 58.4 Å². The SMILES string of the molecule is CC(C)C(CN(C)C)NCc1cccc([N+](=O)[O-])c1. The number of non-ortho nitro benzene ring substituents is 1. The van der Waals surface area contributed by atoms with E-state index in [1.807, 2.05) is 20.2 Å². The maximum atomic E-state index is 10.7. The molecule has 1 N–H and O–H groups in total. The first-order valence-corrected chi connectivity index (χ1v) is 6.51. The molecule has 5 nitrogen and oxygen atoms in total. The van der Waals surface area contributed by atoms with E-state index >= 15 is 0 Å². The Morgan fingerprint density at radius 1 is 1.37 bits per heavy atom. The molecule has 1 aromatic carbocycles. The zero-order valence-corrected chi connectivity index (χ0v) is 12.1. The third-order valence-electron chi connectivity index (χ3n) is 3.06. The molecule has 0 saturated carbocycles. The molecule has 0 spiro atoms. The van der Waals surface area contributed by atoms with E-state index in [9.17, 15) is 10.1 Å². The number of likely N-dealkylation sites (N-methyl/N-ethyl adjacent to an activating group) is 1. The second-order valence-corrected chi connectivity index (χ2v) is 5.42. The molecule has 0 aromatic heterocycles. The summed E-state index contributed by atoms with van der Waals surface area (Å²) in [4.78, 5) is 12.5. The van der Waals surface area contributed by atoms with Gasteiger partial charge in [-0.15, -0.1) is 0 Å². The van der Waals surface area contributed by atoms with Crippen LogP contribution in [0.15, 0.2) is 24.3 Å². The minimum Gasteiger partial charge on any atom is -0.308 e. The summed E-state index contributed by atoms with van der Waals surface area (Å²) in [6.45, 7) is 5.95. The molecule has 0 radical (unpaired) electrons. The van der Waals surface area contributed by atoms with Crippen LogP contribution in [-0.4, -0.2) is 36.5 Å².